The maximum absolute atomic E-state index is 5.71. The lowest BCUT2D eigenvalue weighted by Gasteiger charge is -2.19. The minimum atomic E-state index is 0.204. The van der Waals surface area contributed by atoms with Gasteiger partial charge in [-0.25, -0.2) is 0 Å². The number of likely N-dealkylation sites (N-methyl/N-ethyl adjacent to an activating group) is 1. The van der Waals surface area contributed by atoms with Gasteiger partial charge in [0.15, 0.2) is 0 Å². The smallest absolute Gasteiger partial charge is 0.0662 e. The van der Waals surface area contributed by atoms with Crippen LogP contribution in [0.4, 0.5) is 0 Å². The second-order valence-electron chi connectivity index (χ2n) is 4.64. The molecular formula is C16H22N2O. The van der Waals surface area contributed by atoms with E-state index in [0.717, 1.165) is 19.6 Å². The van der Waals surface area contributed by atoms with Crippen molar-refractivity contribution in [2.24, 2.45) is 0 Å². The van der Waals surface area contributed by atoms with E-state index in [1.54, 1.807) is 0 Å². The van der Waals surface area contributed by atoms with Gasteiger partial charge in [-0.2, -0.15) is 0 Å². The molecule has 0 bridgehead atoms. The predicted molar refractivity (Wildman–Crippen MR) is 79.3 cm³/mol. The van der Waals surface area contributed by atoms with Gasteiger partial charge in [0.05, 0.1) is 12.6 Å². The molecule has 19 heavy (non-hydrogen) atoms. The number of rotatable bonds is 7. The van der Waals surface area contributed by atoms with Crippen molar-refractivity contribution in [2.75, 3.05) is 19.8 Å². The molecule has 0 radical (unpaired) electrons. The van der Waals surface area contributed by atoms with Crippen LogP contribution in [-0.2, 0) is 4.74 Å². The quantitative estimate of drug-likeness (QED) is 0.774. The van der Waals surface area contributed by atoms with Crippen molar-refractivity contribution in [1.82, 2.24) is 10.3 Å². The van der Waals surface area contributed by atoms with Crippen LogP contribution in [0.2, 0.25) is 0 Å². The molecule has 2 rings (SSSR count). The first kappa shape index (κ1) is 14.0. The van der Waals surface area contributed by atoms with Gasteiger partial charge >= 0.3 is 0 Å². The molecule has 0 aliphatic carbocycles. The summed E-state index contributed by atoms with van der Waals surface area (Å²) in [5, 5.41) is 5.92. The Morgan fingerprint density at radius 1 is 1.21 bits per heavy atom. The van der Waals surface area contributed by atoms with E-state index in [0.29, 0.717) is 6.61 Å². The van der Waals surface area contributed by atoms with E-state index in [-0.39, 0.29) is 6.04 Å². The number of ether oxygens (including phenoxy) is 1. The SMILES string of the molecule is CCCOCC(NCC)c1cncc2ccccc12. The summed E-state index contributed by atoms with van der Waals surface area (Å²) in [6, 6.07) is 8.57. The van der Waals surface area contributed by atoms with Gasteiger partial charge in [-0.3, -0.25) is 4.98 Å². The molecule has 0 fully saturated rings. The van der Waals surface area contributed by atoms with Crippen molar-refractivity contribution in [1.29, 1.82) is 0 Å². The fourth-order valence-electron chi connectivity index (χ4n) is 2.27. The summed E-state index contributed by atoms with van der Waals surface area (Å²) >= 11 is 0. The molecule has 1 atom stereocenters. The first-order valence-electron chi connectivity index (χ1n) is 7.00. The van der Waals surface area contributed by atoms with E-state index >= 15 is 0 Å². The summed E-state index contributed by atoms with van der Waals surface area (Å²) < 4.78 is 5.71. The van der Waals surface area contributed by atoms with Crippen LogP contribution >= 0.6 is 0 Å². The lowest BCUT2D eigenvalue weighted by atomic mass is 10.0. The zero-order valence-electron chi connectivity index (χ0n) is 11.7. The van der Waals surface area contributed by atoms with Crippen LogP contribution < -0.4 is 5.32 Å². The molecule has 0 aliphatic heterocycles. The molecular weight excluding hydrogens is 236 g/mol. The maximum atomic E-state index is 5.71. The monoisotopic (exact) mass is 258 g/mol. The van der Waals surface area contributed by atoms with Crippen LogP contribution in [-0.4, -0.2) is 24.7 Å². The molecule has 0 aliphatic rings. The number of hydrogen-bond donors (Lipinski definition) is 1. The maximum Gasteiger partial charge on any atom is 0.0662 e. The summed E-state index contributed by atoms with van der Waals surface area (Å²) in [4.78, 5) is 4.35. The molecule has 0 saturated heterocycles. The Morgan fingerprint density at radius 2 is 2.05 bits per heavy atom. The Kier molecular flexibility index (Phi) is 5.31. The van der Waals surface area contributed by atoms with Gasteiger partial charge in [0.2, 0.25) is 0 Å². The third-order valence-corrected chi connectivity index (χ3v) is 3.16. The minimum absolute atomic E-state index is 0.204. The number of hydrogen-bond acceptors (Lipinski definition) is 3. The molecule has 1 heterocycles. The van der Waals surface area contributed by atoms with Crippen molar-refractivity contribution in [3.8, 4) is 0 Å². The normalized spacial score (nSPS) is 12.7. The highest BCUT2D eigenvalue weighted by Crippen LogP contribution is 2.23. The standard InChI is InChI=1S/C16H22N2O/c1-3-9-19-12-16(18-4-2)15-11-17-10-13-7-5-6-8-14(13)15/h5-8,10-11,16,18H,3-4,9,12H2,1-2H3. The molecule has 3 nitrogen and oxygen atoms in total. The highest BCUT2D eigenvalue weighted by Gasteiger charge is 2.13. The Balaban J connectivity index is 2.27. The average Bonchev–Trinajstić information content (AvgIpc) is 2.46. The van der Waals surface area contributed by atoms with E-state index < -0.39 is 0 Å². The van der Waals surface area contributed by atoms with E-state index in [4.69, 9.17) is 4.74 Å². The predicted octanol–water partition coefficient (Wildman–Crippen LogP) is 3.31. The van der Waals surface area contributed by atoms with Crippen LogP contribution in [0.3, 0.4) is 0 Å². The number of fused-ring (bicyclic) bond motifs is 1. The molecule has 1 N–H and O–H groups in total. The lowest BCUT2D eigenvalue weighted by molar-refractivity contribution is 0.112. The van der Waals surface area contributed by atoms with Crippen molar-refractivity contribution in [3.63, 3.8) is 0 Å². The van der Waals surface area contributed by atoms with Crippen LogP contribution in [0, 0.1) is 0 Å². The van der Waals surface area contributed by atoms with Crippen molar-refractivity contribution < 1.29 is 4.74 Å². The Bertz CT molecular complexity index is 508. The highest BCUT2D eigenvalue weighted by atomic mass is 16.5. The molecule has 1 unspecified atom stereocenters. The van der Waals surface area contributed by atoms with Gasteiger partial charge < -0.3 is 10.1 Å². The van der Waals surface area contributed by atoms with Gasteiger partial charge in [-0.05, 0) is 23.9 Å². The minimum Gasteiger partial charge on any atom is -0.379 e. The molecule has 102 valence electrons. The van der Waals surface area contributed by atoms with Crippen molar-refractivity contribution in [2.45, 2.75) is 26.3 Å². The highest BCUT2D eigenvalue weighted by molar-refractivity contribution is 5.85. The first-order chi connectivity index (χ1) is 9.36. The number of nitrogens with zero attached hydrogens (tertiary/aromatic N) is 1. The van der Waals surface area contributed by atoms with E-state index in [1.807, 2.05) is 18.5 Å². The summed E-state index contributed by atoms with van der Waals surface area (Å²) in [6.45, 7) is 6.66. The fraction of sp³-hybridized carbons (Fsp3) is 0.438. The summed E-state index contributed by atoms with van der Waals surface area (Å²) in [7, 11) is 0. The number of nitrogens with one attached hydrogen (secondary N) is 1. The number of pyridine rings is 1. The van der Waals surface area contributed by atoms with Crippen LogP contribution in [0.15, 0.2) is 36.7 Å². The summed E-state index contributed by atoms with van der Waals surface area (Å²) in [5.41, 5.74) is 1.22. The zero-order valence-corrected chi connectivity index (χ0v) is 11.7. The fourth-order valence-corrected chi connectivity index (χ4v) is 2.27. The topological polar surface area (TPSA) is 34.1 Å². The lowest BCUT2D eigenvalue weighted by Crippen LogP contribution is -2.26. The van der Waals surface area contributed by atoms with Gasteiger partial charge in [0.1, 0.15) is 0 Å². The van der Waals surface area contributed by atoms with Crippen LogP contribution in [0.25, 0.3) is 10.8 Å². The summed E-state index contributed by atoms with van der Waals surface area (Å²) in [5.74, 6) is 0. The van der Waals surface area contributed by atoms with Crippen LogP contribution in [0.1, 0.15) is 31.9 Å². The van der Waals surface area contributed by atoms with Crippen molar-refractivity contribution in [3.05, 3.63) is 42.2 Å². The molecule has 2 aromatic rings. The number of aromatic nitrogens is 1. The van der Waals surface area contributed by atoms with Gasteiger partial charge in [-0.15, -0.1) is 0 Å². The molecule has 3 heteroatoms. The van der Waals surface area contributed by atoms with Crippen molar-refractivity contribution >= 4 is 10.8 Å². The molecule has 0 amide bonds. The second-order valence-corrected chi connectivity index (χ2v) is 4.64. The van der Waals surface area contributed by atoms with E-state index in [9.17, 15) is 0 Å². The molecule has 1 aromatic heterocycles. The number of benzene rings is 1. The Hall–Kier alpha value is -1.45. The second kappa shape index (κ2) is 7.22. The first-order valence-corrected chi connectivity index (χ1v) is 7.00. The van der Waals surface area contributed by atoms with E-state index in [1.165, 1.54) is 16.3 Å². The van der Waals surface area contributed by atoms with Gasteiger partial charge in [0, 0.05) is 24.4 Å². The molecule has 0 saturated carbocycles. The van der Waals surface area contributed by atoms with Gasteiger partial charge in [0.25, 0.3) is 0 Å². The third-order valence-electron chi connectivity index (χ3n) is 3.16. The summed E-state index contributed by atoms with van der Waals surface area (Å²) in [6.07, 6.45) is 4.91. The largest absolute Gasteiger partial charge is 0.379 e. The van der Waals surface area contributed by atoms with Crippen LogP contribution in [0.5, 0.6) is 0 Å². The Morgan fingerprint density at radius 3 is 2.84 bits per heavy atom. The molecule has 1 aromatic carbocycles. The van der Waals surface area contributed by atoms with E-state index in [2.05, 4.69) is 42.3 Å². The van der Waals surface area contributed by atoms with Gasteiger partial charge in [-0.1, -0.05) is 38.1 Å². The third kappa shape index (κ3) is 3.52. The molecule has 0 spiro atoms. The average molecular weight is 258 g/mol. The Labute approximate surface area is 115 Å². The zero-order chi connectivity index (χ0) is 13.5.